The summed E-state index contributed by atoms with van der Waals surface area (Å²) in [5.74, 6) is -0.909. The van der Waals surface area contributed by atoms with E-state index in [9.17, 15) is 9.90 Å². The van der Waals surface area contributed by atoms with Gasteiger partial charge in [-0.2, -0.15) is 5.10 Å². The van der Waals surface area contributed by atoms with Crippen molar-refractivity contribution in [1.82, 2.24) is 14.8 Å². The van der Waals surface area contributed by atoms with E-state index in [1.54, 1.807) is 7.05 Å². The van der Waals surface area contributed by atoms with E-state index in [0.29, 0.717) is 10.9 Å². The van der Waals surface area contributed by atoms with Crippen LogP contribution in [0.5, 0.6) is 5.88 Å². The predicted octanol–water partition coefficient (Wildman–Crippen LogP) is -0.227. The van der Waals surface area contributed by atoms with Crippen LogP contribution in [0.2, 0.25) is 0 Å². The summed E-state index contributed by atoms with van der Waals surface area (Å²) in [5, 5.41) is 13.9. The third-order valence-electron chi connectivity index (χ3n) is 1.98. The summed E-state index contributed by atoms with van der Waals surface area (Å²) in [6.45, 7) is 0. The van der Waals surface area contributed by atoms with Crippen molar-refractivity contribution < 1.29 is 9.90 Å². The molecular formula is C8H8N4O2. The average Bonchev–Trinajstić information content (AvgIpc) is 2.48. The molecule has 0 bridgehead atoms. The second-order valence-electron chi connectivity index (χ2n) is 2.90. The molecule has 2 aromatic heterocycles. The molecule has 0 atom stereocenters. The van der Waals surface area contributed by atoms with Crippen molar-refractivity contribution >= 4 is 16.8 Å². The Hall–Kier alpha value is -2.11. The minimum atomic E-state index is -0.677. The highest BCUT2D eigenvalue weighted by molar-refractivity contribution is 5.95. The summed E-state index contributed by atoms with van der Waals surface area (Å²) < 4.78 is 1.53. The van der Waals surface area contributed by atoms with Crippen molar-refractivity contribution in [3.63, 3.8) is 0 Å². The first-order chi connectivity index (χ1) is 6.59. The van der Waals surface area contributed by atoms with E-state index in [2.05, 4.69) is 10.1 Å². The van der Waals surface area contributed by atoms with Gasteiger partial charge >= 0.3 is 0 Å². The number of primary amides is 1. The quantitative estimate of drug-likeness (QED) is 0.652. The Morgan fingerprint density at radius 3 is 3.00 bits per heavy atom. The van der Waals surface area contributed by atoms with Gasteiger partial charge in [-0.25, -0.2) is 4.98 Å². The SMILES string of the molecule is Cn1ncc2c(O)nc(C(N)=O)cc21. The molecule has 0 aliphatic carbocycles. The van der Waals surface area contributed by atoms with Gasteiger partial charge in [0, 0.05) is 7.05 Å². The van der Waals surface area contributed by atoms with Gasteiger partial charge in [0.15, 0.2) is 0 Å². The van der Waals surface area contributed by atoms with Crippen LogP contribution in [-0.4, -0.2) is 25.8 Å². The van der Waals surface area contributed by atoms with Crippen molar-refractivity contribution in [2.24, 2.45) is 12.8 Å². The van der Waals surface area contributed by atoms with E-state index in [1.165, 1.54) is 16.9 Å². The Kier molecular flexibility index (Phi) is 1.63. The van der Waals surface area contributed by atoms with Gasteiger partial charge < -0.3 is 10.8 Å². The Labute approximate surface area is 79.0 Å². The number of aryl methyl sites for hydroxylation is 1. The smallest absolute Gasteiger partial charge is 0.267 e. The maximum atomic E-state index is 10.8. The van der Waals surface area contributed by atoms with E-state index in [4.69, 9.17) is 5.73 Å². The third kappa shape index (κ3) is 1.08. The van der Waals surface area contributed by atoms with Gasteiger partial charge in [0.1, 0.15) is 5.69 Å². The Morgan fingerprint density at radius 1 is 1.64 bits per heavy atom. The molecule has 1 amide bonds. The first kappa shape index (κ1) is 8.49. The molecule has 0 aromatic carbocycles. The molecule has 14 heavy (non-hydrogen) atoms. The summed E-state index contributed by atoms with van der Waals surface area (Å²) in [4.78, 5) is 14.5. The van der Waals surface area contributed by atoms with E-state index >= 15 is 0 Å². The molecule has 6 heteroatoms. The van der Waals surface area contributed by atoms with Gasteiger partial charge in [0.05, 0.1) is 17.1 Å². The minimum Gasteiger partial charge on any atom is -0.493 e. The van der Waals surface area contributed by atoms with Gasteiger partial charge in [-0.1, -0.05) is 0 Å². The monoisotopic (exact) mass is 192 g/mol. The molecule has 0 aliphatic rings. The number of hydrogen-bond donors (Lipinski definition) is 2. The number of aromatic nitrogens is 3. The van der Waals surface area contributed by atoms with E-state index in [0.717, 1.165) is 0 Å². The molecule has 2 aromatic rings. The zero-order chi connectivity index (χ0) is 10.3. The van der Waals surface area contributed by atoms with Crippen LogP contribution in [-0.2, 0) is 7.05 Å². The molecule has 3 N–H and O–H groups in total. The van der Waals surface area contributed by atoms with Crippen LogP contribution in [0.3, 0.4) is 0 Å². The number of pyridine rings is 1. The number of carbonyl (C=O) groups excluding carboxylic acids is 1. The number of nitrogens with zero attached hydrogens (tertiary/aromatic N) is 3. The van der Waals surface area contributed by atoms with E-state index in [1.807, 2.05) is 0 Å². The van der Waals surface area contributed by atoms with Crippen molar-refractivity contribution in [3.8, 4) is 5.88 Å². The van der Waals surface area contributed by atoms with Gasteiger partial charge in [0.25, 0.3) is 5.91 Å². The van der Waals surface area contributed by atoms with Crippen LogP contribution in [0.25, 0.3) is 10.9 Å². The zero-order valence-electron chi connectivity index (χ0n) is 7.43. The normalized spacial score (nSPS) is 10.6. The first-order valence-corrected chi connectivity index (χ1v) is 3.91. The maximum absolute atomic E-state index is 10.8. The number of carbonyl (C=O) groups is 1. The lowest BCUT2D eigenvalue weighted by atomic mass is 10.2. The van der Waals surface area contributed by atoms with Crippen LogP contribution in [0.1, 0.15) is 10.5 Å². The number of fused-ring (bicyclic) bond motifs is 1. The van der Waals surface area contributed by atoms with Gasteiger partial charge in [-0.05, 0) is 6.07 Å². The molecule has 2 heterocycles. The lowest BCUT2D eigenvalue weighted by Crippen LogP contribution is -2.13. The summed E-state index contributed by atoms with van der Waals surface area (Å²) in [7, 11) is 1.70. The van der Waals surface area contributed by atoms with E-state index in [-0.39, 0.29) is 11.6 Å². The number of nitrogens with two attached hydrogens (primary N) is 1. The van der Waals surface area contributed by atoms with Crippen molar-refractivity contribution in [2.75, 3.05) is 0 Å². The average molecular weight is 192 g/mol. The molecule has 0 aliphatic heterocycles. The molecule has 0 saturated heterocycles. The van der Waals surface area contributed by atoms with Crippen molar-refractivity contribution in [1.29, 1.82) is 0 Å². The Bertz CT molecular complexity index is 517. The van der Waals surface area contributed by atoms with Crippen LogP contribution in [0, 0.1) is 0 Å². The Balaban J connectivity index is 2.82. The molecule has 72 valence electrons. The van der Waals surface area contributed by atoms with Gasteiger partial charge in [-0.3, -0.25) is 9.48 Å². The molecule has 0 radical (unpaired) electrons. The fourth-order valence-corrected chi connectivity index (χ4v) is 1.25. The Morgan fingerprint density at radius 2 is 2.36 bits per heavy atom. The number of aromatic hydroxyl groups is 1. The topological polar surface area (TPSA) is 94.0 Å². The zero-order valence-corrected chi connectivity index (χ0v) is 7.43. The predicted molar refractivity (Wildman–Crippen MR) is 48.7 cm³/mol. The third-order valence-corrected chi connectivity index (χ3v) is 1.98. The molecule has 2 rings (SSSR count). The van der Waals surface area contributed by atoms with Gasteiger partial charge in [0.2, 0.25) is 5.88 Å². The fraction of sp³-hybridized carbons (Fsp3) is 0.125. The largest absolute Gasteiger partial charge is 0.493 e. The highest BCUT2D eigenvalue weighted by Gasteiger charge is 2.11. The number of hydrogen-bond acceptors (Lipinski definition) is 4. The summed E-state index contributed by atoms with van der Waals surface area (Å²) >= 11 is 0. The second-order valence-corrected chi connectivity index (χ2v) is 2.90. The lowest BCUT2D eigenvalue weighted by Gasteiger charge is -1.99. The molecule has 6 nitrogen and oxygen atoms in total. The van der Waals surface area contributed by atoms with Crippen LogP contribution in [0.15, 0.2) is 12.3 Å². The minimum absolute atomic E-state index is 0.0265. The van der Waals surface area contributed by atoms with Crippen LogP contribution >= 0.6 is 0 Å². The molecular weight excluding hydrogens is 184 g/mol. The lowest BCUT2D eigenvalue weighted by molar-refractivity contribution is 0.0995. The maximum Gasteiger partial charge on any atom is 0.267 e. The van der Waals surface area contributed by atoms with Gasteiger partial charge in [-0.15, -0.1) is 0 Å². The number of amides is 1. The molecule has 0 saturated carbocycles. The molecule has 0 spiro atoms. The summed E-state index contributed by atoms with van der Waals surface area (Å²) in [6, 6.07) is 1.49. The fourth-order valence-electron chi connectivity index (χ4n) is 1.25. The number of rotatable bonds is 1. The van der Waals surface area contributed by atoms with Crippen LogP contribution in [0.4, 0.5) is 0 Å². The highest BCUT2D eigenvalue weighted by atomic mass is 16.3. The molecule has 0 unspecified atom stereocenters. The van der Waals surface area contributed by atoms with Crippen molar-refractivity contribution in [3.05, 3.63) is 18.0 Å². The summed E-state index contributed by atoms with van der Waals surface area (Å²) in [6.07, 6.45) is 1.47. The highest BCUT2D eigenvalue weighted by Crippen LogP contribution is 2.22. The molecule has 0 fully saturated rings. The standard InChI is InChI=1S/C8H8N4O2/c1-12-6-2-5(7(9)13)11-8(14)4(6)3-10-12/h2-3H,1H3,(H2,9,13)(H,11,14). The first-order valence-electron chi connectivity index (χ1n) is 3.91. The van der Waals surface area contributed by atoms with Crippen LogP contribution < -0.4 is 5.73 Å². The summed E-state index contributed by atoms with van der Waals surface area (Å²) in [5.41, 5.74) is 5.69. The van der Waals surface area contributed by atoms with E-state index < -0.39 is 5.91 Å². The van der Waals surface area contributed by atoms with Crippen molar-refractivity contribution in [2.45, 2.75) is 0 Å². The second kappa shape index (κ2) is 2.69.